The highest BCUT2D eigenvalue weighted by atomic mass is 16.5. The van der Waals surface area contributed by atoms with Crippen LogP contribution in [0.3, 0.4) is 0 Å². The smallest absolute Gasteiger partial charge is 0.230 e. The number of nitrogens with two attached hydrogens (primary N) is 1. The van der Waals surface area contributed by atoms with Crippen LogP contribution >= 0.6 is 0 Å². The number of fused-ring (bicyclic) bond motifs is 1. The zero-order valence-electron chi connectivity index (χ0n) is 22.7. The van der Waals surface area contributed by atoms with Gasteiger partial charge in [0.1, 0.15) is 17.3 Å². The first-order chi connectivity index (χ1) is 18.9. The maximum Gasteiger partial charge on any atom is 0.230 e. The van der Waals surface area contributed by atoms with E-state index in [-0.39, 0.29) is 12.2 Å². The van der Waals surface area contributed by atoms with E-state index in [0.29, 0.717) is 17.3 Å². The van der Waals surface area contributed by atoms with E-state index in [1.807, 2.05) is 24.3 Å². The lowest BCUT2D eigenvalue weighted by atomic mass is 9.92. The van der Waals surface area contributed by atoms with Gasteiger partial charge in [-0.3, -0.25) is 4.79 Å². The minimum absolute atomic E-state index is 0.0438. The number of ether oxygens (including phenoxy) is 1. The average Bonchev–Trinajstić information content (AvgIpc) is 3.40. The molecular formula is C30H37N7O2. The number of primary amides is 1. The van der Waals surface area contributed by atoms with Crippen LogP contribution in [0.2, 0.25) is 0 Å². The van der Waals surface area contributed by atoms with E-state index >= 15 is 0 Å². The Labute approximate surface area is 229 Å². The van der Waals surface area contributed by atoms with Crippen molar-refractivity contribution in [3.8, 4) is 0 Å². The molecule has 0 aliphatic carbocycles. The molecule has 0 bridgehead atoms. The first-order valence-electron chi connectivity index (χ1n) is 13.7. The number of carbonyl (C=O) groups excluding carboxylic acids is 1. The molecule has 1 aliphatic heterocycles. The Kier molecular flexibility index (Phi) is 8.18. The first-order valence-corrected chi connectivity index (χ1v) is 13.7. The molecule has 9 nitrogen and oxygen atoms in total. The molecule has 2 aromatic carbocycles. The quantitative estimate of drug-likeness (QED) is 0.284. The van der Waals surface area contributed by atoms with Crippen molar-refractivity contribution in [3.05, 3.63) is 89.7 Å². The Morgan fingerprint density at radius 1 is 1.00 bits per heavy atom. The number of anilines is 1. The van der Waals surface area contributed by atoms with Crippen LogP contribution in [0.4, 0.5) is 5.82 Å². The van der Waals surface area contributed by atoms with Crippen LogP contribution in [0.1, 0.15) is 56.2 Å². The fourth-order valence-electron chi connectivity index (χ4n) is 4.97. The molecule has 5 rings (SSSR count). The molecule has 39 heavy (non-hydrogen) atoms. The van der Waals surface area contributed by atoms with Gasteiger partial charge in [-0.2, -0.15) is 4.52 Å². The topological polar surface area (TPSA) is 111 Å². The van der Waals surface area contributed by atoms with E-state index in [1.165, 1.54) is 11.1 Å². The maximum absolute atomic E-state index is 11.9. The number of hydrogen-bond acceptors (Lipinski definition) is 7. The van der Waals surface area contributed by atoms with Crippen molar-refractivity contribution in [2.75, 3.05) is 31.5 Å². The molecule has 4 aromatic rings. The van der Waals surface area contributed by atoms with Crippen molar-refractivity contribution in [1.82, 2.24) is 24.7 Å². The standard InChI is InChI=1S/C30H37N7O2/c1-30(2,28(31)38)29-34-33-26-15-14-25(35-37(26)29)32-18-9-19-36-20-16-24(17-21-36)39-27(22-10-5-3-6-11-22)23-12-7-4-8-13-23/h3-8,10-15,24,27H,9,16-21H2,1-2H3,(H2,31,38)(H,32,35). The molecule has 0 atom stereocenters. The summed E-state index contributed by atoms with van der Waals surface area (Å²) in [6.07, 6.45) is 3.23. The van der Waals surface area contributed by atoms with Crippen LogP contribution in [0.5, 0.6) is 0 Å². The molecule has 3 N–H and O–H groups in total. The monoisotopic (exact) mass is 527 g/mol. The number of nitrogens with zero attached hydrogens (tertiary/aromatic N) is 5. The first kappa shape index (κ1) is 26.8. The molecule has 0 spiro atoms. The van der Waals surface area contributed by atoms with Gasteiger partial charge in [0.15, 0.2) is 11.5 Å². The average molecular weight is 528 g/mol. The van der Waals surface area contributed by atoms with E-state index in [0.717, 1.165) is 45.4 Å². The van der Waals surface area contributed by atoms with Gasteiger partial charge in [-0.1, -0.05) is 60.7 Å². The molecule has 1 aliphatic rings. The lowest BCUT2D eigenvalue weighted by Gasteiger charge is -2.34. The van der Waals surface area contributed by atoms with E-state index < -0.39 is 11.3 Å². The number of hydrogen-bond donors (Lipinski definition) is 2. The summed E-state index contributed by atoms with van der Waals surface area (Å²) in [6.45, 7) is 7.30. The molecule has 204 valence electrons. The molecule has 0 saturated carbocycles. The number of amides is 1. The Morgan fingerprint density at radius 3 is 2.26 bits per heavy atom. The van der Waals surface area contributed by atoms with E-state index in [9.17, 15) is 4.79 Å². The van der Waals surface area contributed by atoms with E-state index in [2.05, 4.69) is 74.0 Å². The number of benzene rings is 2. The van der Waals surface area contributed by atoms with Crippen molar-refractivity contribution in [3.63, 3.8) is 0 Å². The van der Waals surface area contributed by atoms with Crippen molar-refractivity contribution in [2.24, 2.45) is 5.73 Å². The summed E-state index contributed by atoms with van der Waals surface area (Å²) < 4.78 is 8.28. The van der Waals surface area contributed by atoms with Gasteiger partial charge < -0.3 is 20.7 Å². The van der Waals surface area contributed by atoms with Crippen molar-refractivity contribution in [1.29, 1.82) is 0 Å². The highest BCUT2D eigenvalue weighted by Gasteiger charge is 2.33. The number of piperidine rings is 1. The zero-order chi connectivity index (χ0) is 27.2. The maximum atomic E-state index is 11.9. The van der Waals surface area contributed by atoms with Gasteiger partial charge in [0.05, 0.1) is 6.10 Å². The molecule has 1 saturated heterocycles. The van der Waals surface area contributed by atoms with Gasteiger partial charge in [0.25, 0.3) is 0 Å². The molecule has 1 amide bonds. The number of carbonyl (C=O) groups is 1. The lowest BCUT2D eigenvalue weighted by molar-refractivity contribution is -0.122. The molecule has 3 heterocycles. The van der Waals surface area contributed by atoms with Crippen molar-refractivity contribution >= 4 is 17.4 Å². The lowest BCUT2D eigenvalue weighted by Crippen LogP contribution is -2.38. The van der Waals surface area contributed by atoms with Gasteiger partial charge in [0, 0.05) is 19.6 Å². The number of aromatic nitrogens is 4. The van der Waals surface area contributed by atoms with Crippen molar-refractivity contribution < 1.29 is 9.53 Å². The van der Waals surface area contributed by atoms with Crippen LogP contribution in [-0.4, -0.2) is 62.9 Å². The largest absolute Gasteiger partial charge is 0.369 e. The second-order valence-corrected chi connectivity index (χ2v) is 10.7. The van der Waals surface area contributed by atoms with Crippen LogP contribution in [0.25, 0.3) is 5.65 Å². The summed E-state index contributed by atoms with van der Waals surface area (Å²) in [7, 11) is 0. The van der Waals surface area contributed by atoms with Gasteiger partial charge in [-0.05, 0) is 62.9 Å². The molecule has 9 heteroatoms. The second-order valence-electron chi connectivity index (χ2n) is 10.7. The predicted octanol–water partition coefficient (Wildman–Crippen LogP) is 3.96. The number of nitrogens with one attached hydrogen (secondary N) is 1. The van der Waals surface area contributed by atoms with Gasteiger partial charge in [-0.15, -0.1) is 15.3 Å². The van der Waals surface area contributed by atoms with E-state index in [1.54, 1.807) is 18.4 Å². The Morgan fingerprint density at radius 2 is 1.64 bits per heavy atom. The summed E-state index contributed by atoms with van der Waals surface area (Å²) in [5.41, 5.74) is 7.57. The number of likely N-dealkylation sites (tertiary alicyclic amines) is 1. The number of rotatable bonds is 11. The van der Waals surface area contributed by atoms with Crippen LogP contribution < -0.4 is 11.1 Å². The Hall–Kier alpha value is -3.82. The van der Waals surface area contributed by atoms with E-state index in [4.69, 9.17) is 10.5 Å². The molecule has 1 fully saturated rings. The highest BCUT2D eigenvalue weighted by Crippen LogP contribution is 2.30. The third-order valence-corrected chi connectivity index (χ3v) is 7.46. The minimum atomic E-state index is -0.969. The van der Waals surface area contributed by atoms with Crippen molar-refractivity contribution in [2.45, 2.75) is 50.7 Å². The third-order valence-electron chi connectivity index (χ3n) is 7.46. The third kappa shape index (κ3) is 6.26. The Bertz CT molecular complexity index is 1330. The highest BCUT2D eigenvalue weighted by molar-refractivity contribution is 5.84. The summed E-state index contributed by atoms with van der Waals surface area (Å²) in [6, 6.07) is 24.7. The fourth-order valence-corrected chi connectivity index (χ4v) is 4.97. The SMILES string of the molecule is CC(C)(C(N)=O)c1nnc2ccc(NCCCN3CCC(OC(c4ccccc4)c4ccccc4)CC3)nn12. The van der Waals surface area contributed by atoms with Crippen LogP contribution in [0, 0.1) is 0 Å². The summed E-state index contributed by atoms with van der Waals surface area (Å²) in [5.74, 6) is 0.672. The van der Waals surface area contributed by atoms with Gasteiger partial charge in [0.2, 0.25) is 5.91 Å². The van der Waals surface area contributed by atoms with Crippen LogP contribution in [0.15, 0.2) is 72.8 Å². The molecule has 2 aromatic heterocycles. The van der Waals surface area contributed by atoms with Crippen LogP contribution in [-0.2, 0) is 14.9 Å². The zero-order valence-corrected chi connectivity index (χ0v) is 22.7. The minimum Gasteiger partial charge on any atom is -0.369 e. The summed E-state index contributed by atoms with van der Waals surface area (Å²) >= 11 is 0. The van der Waals surface area contributed by atoms with Gasteiger partial charge >= 0.3 is 0 Å². The molecule has 0 radical (unpaired) electrons. The van der Waals surface area contributed by atoms with Gasteiger partial charge in [-0.25, -0.2) is 0 Å². The summed E-state index contributed by atoms with van der Waals surface area (Å²) in [4.78, 5) is 14.4. The predicted molar refractivity (Wildman–Crippen MR) is 151 cm³/mol. The Balaban J connectivity index is 1.10. The fraction of sp³-hybridized carbons (Fsp3) is 0.400. The molecular weight excluding hydrogens is 490 g/mol. The molecule has 0 unspecified atom stereocenters. The summed E-state index contributed by atoms with van der Waals surface area (Å²) in [5, 5.41) is 16.3. The second kappa shape index (κ2) is 11.9. The normalized spacial score (nSPS) is 15.2.